The zero-order valence-corrected chi connectivity index (χ0v) is 17.9. The molecule has 3 aromatic rings. The molecule has 1 atom stereocenters. The molecule has 3 aromatic carbocycles. The number of anilines is 1. The Labute approximate surface area is 179 Å². The van der Waals surface area contributed by atoms with Gasteiger partial charge >= 0.3 is 0 Å². The Morgan fingerprint density at radius 3 is 2.03 bits per heavy atom. The standard InChI is InChI=1S/C28H28FN/c1-6-23(18(3)4)24(7-2)20-12-14-21(15-13-20)25-16-17-26(28(30)27(25)29)22-10-8-19(5)9-11-22/h8-17,24H,1,3,7,30H2,2,4-5H3. The zero-order chi connectivity index (χ0) is 21.8. The van der Waals surface area contributed by atoms with Gasteiger partial charge in [-0.15, -0.1) is 5.73 Å². The Bertz CT molecular complexity index is 1110. The van der Waals surface area contributed by atoms with E-state index < -0.39 is 0 Å². The molecule has 0 aliphatic carbocycles. The molecule has 0 saturated heterocycles. The fourth-order valence-corrected chi connectivity index (χ4v) is 3.87. The second-order valence-electron chi connectivity index (χ2n) is 7.71. The van der Waals surface area contributed by atoms with Crippen molar-refractivity contribution in [2.45, 2.75) is 33.1 Å². The molecule has 1 nitrogen and oxygen atoms in total. The minimum absolute atomic E-state index is 0.172. The first-order valence-corrected chi connectivity index (χ1v) is 10.2. The van der Waals surface area contributed by atoms with Crippen molar-refractivity contribution in [3.8, 4) is 22.3 Å². The summed E-state index contributed by atoms with van der Waals surface area (Å²) in [5, 5.41) is 0. The summed E-state index contributed by atoms with van der Waals surface area (Å²) in [4.78, 5) is 0. The molecular formula is C28H28FN. The molecule has 0 saturated carbocycles. The quantitative estimate of drug-likeness (QED) is 0.256. The van der Waals surface area contributed by atoms with E-state index in [0.29, 0.717) is 11.1 Å². The van der Waals surface area contributed by atoms with E-state index in [0.717, 1.165) is 39.8 Å². The normalized spacial score (nSPS) is 11.6. The highest BCUT2D eigenvalue weighted by molar-refractivity contribution is 5.82. The average molecular weight is 398 g/mol. The molecule has 3 rings (SSSR count). The Hall–Kier alpha value is -3.35. The summed E-state index contributed by atoms with van der Waals surface area (Å²) in [6.45, 7) is 14.0. The van der Waals surface area contributed by atoms with Crippen LogP contribution in [-0.2, 0) is 0 Å². The monoisotopic (exact) mass is 397 g/mol. The van der Waals surface area contributed by atoms with Gasteiger partial charge in [0.25, 0.3) is 0 Å². The predicted molar refractivity (Wildman–Crippen MR) is 127 cm³/mol. The van der Waals surface area contributed by atoms with Gasteiger partial charge in [0.1, 0.15) is 0 Å². The number of rotatable bonds is 6. The second kappa shape index (κ2) is 8.98. The third-order valence-corrected chi connectivity index (χ3v) is 5.57. The highest BCUT2D eigenvalue weighted by Gasteiger charge is 2.17. The smallest absolute Gasteiger partial charge is 0.154 e. The Kier molecular flexibility index (Phi) is 6.40. The maximum Gasteiger partial charge on any atom is 0.154 e. The van der Waals surface area contributed by atoms with Crippen molar-refractivity contribution in [2.24, 2.45) is 0 Å². The fourth-order valence-electron chi connectivity index (χ4n) is 3.87. The van der Waals surface area contributed by atoms with Crippen LogP contribution in [0, 0.1) is 12.7 Å². The van der Waals surface area contributed by atoms with Crippen LogP contribution in [-0.4, -0.2) is 0 Å². The lowest BCUT2D eigenvalue weighted by Gasteiger charge is -2.19. The van der Waals surface area contributed by atoms with Crippen LogP contribution in [0.15, 0.2) is 90.7 Å². The first kappa shape index (κ1) is 21.4. The Morgan fingerprint density at radius 1 is 0.967 bits per heavy atom. The van der Waals surface area contributed by atoms with Crippen LogP contribution in [0.4, 0.5) is 10.1 Å². The molecule has 152 valence electrons. The third-order valence-electron chi connectivity index (χ3n) is 5.57. The van der Waals surface area contributed by atoms with Crippen LogP contribution < -0.4 is 5.73 Å². The van der Waals surface area contributed by atoms with Gasteiger partial charge in [-0.3, -0.25) is 0 Å². The number of aryl methyl sites for hydroxylation is 1. The molecule has 30 heavy (non-hydrogen) atoms. The van der Waals surface area contributed by atoms with Gasteiger partial charge in [0, 0.05) is 22.6 Å². The van der Waals surface area contributed by atoms with E-state index in [4.69, 9.17) is 5.73 Å². The van der Waals surface area contributed by atoms with Crippen molar-refractivity contribution in [1.29, 1.82) is 0 Å². The summed E-state index contributed by atoms with van der Waals surface area (Å²) in [7, 11) is 0. The first-order valence-electron chi connectivity index (χ1n) is 10.2. The molecule has 0 heterocycles. The summed E-state index contributed by atoms with van der Waals surface area (Å²) >= 11 is 0. The highest BCUT2D eigenvalue weighted by Crippen LogP contribution is 2.36. The average Bonchev–Trinajstić information content (AvgIpc) is 2.74. The number of halogens is 1. The van der Waals surface area contributed by atoms with Crippen LogP contribution in [0.25, 0.3) is 22.3 Å². The van der Waals surface area contributed by atoms with E-state index in [1.807, 2.05) is 68.4 Å². The number of allylic oxidation sites excluding steroid dienone is 2. The van der Waals surface area contributed by atoms with Crippen LogP contribution >= 0.6 is 0 Å². The minimum atomic E-state index is -0.388. The van der Waals surface area contributed by atoms with Crippen LogP contribution in [0.1, 0.15) is 37.3 Å². The molecule has 1 unspecified atom stereocenters. The lowest BCUT2D eigenvalue weighted by molar-refractivity contribution is 0.636. The molecule has 2 N–H and O–H groups in total. The largest absolute Gasteiger partial charge is 0.396 e. The van der Waals surface area contributed by atoms with Crippen LogP contribution in [0.2, 0.25) is 0 Å². The molecular weight excluding hydrogens is 369 g/mol. The van der Waals surface area contributed by atoms with Crippen molar-refractivity contribution >= 4 is 5.69 Å². The summed E-state index contributed by atoms with van der Waals surface area (Å²) < 4.78 is 15.2. The molecule has 0 bridgehead atoms. The van der Waals surface area contributed by atoms with Gasteiger partial charge < -0.3 is 5.73 Å². The Morgan fingerprint density at radius 2 is 1.50 bits per heavy atom. The molecule has 0 spiro atoms. The summed E-state index contributed by atoms with van der Waals surface area (Å²) in [6, 6.07) is 19.6. The molecule has 0 aliphatic heterocycles. The van der Waals surface area contributed by atoms with Gasteiger partial charge in [-0.1, -0.05) is 86.3 Å². The predicted octanol–water partition coefficient (Wildman–Crippen LogP) is 7.83. The van der Waals surface area contributed by atoms with E-state index in [1.165, 1.54) is 0 Å². The van der Waals surface area contributed by atoms with E-state index >= 15 is 4.39 Å². The van der Waals surface area contributed by atoms with Gasteiger partial charge in [0.15, 0.2) is 5.82 Å². The Balaban J connectivity index is 1.97. The van der Waals surface area contributed by atoms with Crippen molar-refractivity contribution in [1.82, 2.24) is 0 Å². The lowest BCUT2D eigenvalue weighted by Crippen LogP contribution is -2.02. The van der Waals surface area contributed by atoms with Gasteiger partial charge in [0.05, 0.1) is 5.69 Å². The third kappa shape index (κ3) is 4.15. The molecule has 0 aliphatic rings. The topological polar surface area (TPSA) is 26.0 Å². The van der Waals surface area contributed by atoms with E-state index in [9.17, 15) is 0 Å². The van der Waals surface area contributed by atoms with Gasteiger partial charge in [-0.05, 0) is 42.5 Å². The fraction of sp³-hybridized carbons (Fsp3) is 0.179. The van der Waals surface area contributed by atoms with Crippen molar-refractivity contribution in [3.05, 3.63) is 108 Å². The van der Waals surface area contributed by atoms with Gasteiger partial charge in [0.2, 0.25) is 0 Å². The van der Waals surface area contributed by atoms with E-state index in [-0.39, 0.29) is 17.4 Å². The molecule has 0 radical (unpaired) electrons. The van der Waals surface area contributed by atoms with Gasteiger partial charge in [-0.2, -0.15) is 0 Å². The molecule has 0 aromatic heterocycles. The summed E-state index contributed by atoms with van der Waals surface area (Å²) in [5.41, 5.74) is 16.6. The van der Waals surface area contributed by atoms with Gasteiger partial charge in [-0.25, -0.2) is 4.39 Å². The van der Waals surface area contributed by atoms with Crippen LogP contribution in [0.3, 0.4) is 0 Å². The lowest BCUT2D eigenvalue weighted by atomic mass is 9.85. The number of nitrogens with two attached hydrogens (primary N) is 1. The summed E-state index contributed by atoms with van der Waals surface area (Å²) in [5.74, 6) is -0.214. The van der Waals surface area contributed by atoms with E-state index in [2.05, 4.69) is 25.8 Å². The maximum absolute atomic E-state index is 15.2. The number of hydrogen-bond acceptors (Lipinski definition) is 1. The summed E-state index contributed by atoms with van der Waals surface area (Å²) in [6.07, 6.45) is 0.913. The maximum atomic E-state index is 15.2. The number of nitrogen functional groups attached to an aromatic ring is 1. The number of benzene rings is 3. The van der Waals surface area contributed by atoms with Crippen LogP contribution in [0.5, 0.6) is 0 Å². The highest BCUT2D eigenvalue weighted by atomic mass is 19.1. The zero-order valence-electron chi connectivity index (χ0n) is 17.9. The molecule has 0 amide bonds. The number of hydrogen-bond donors (Lipinski definition) is 1. The molecule has 0 fully saturated rings. The van der Waals surface area contributed by atoms with E-state index in [1.54, 1.807) is 6.07 Å². The second-order valence-corrected chi connectivity index (χ2v) is 7.71. The minimum Gasteiger partial charge on any atom is -0.396 e. The van der Waals surface area contributed by atoms with Crippen molar-refractivity contribution in [2.75, 3.05) is 5.73 Å². The SMILES string of the molecule is C=C=C(C(=C)C)C(CC)c1ccc(-c2ccc(-c3ccc(C)cc3)c(N)c2F)cc1. The van der Waals surface area contributed by atoms with Crippen molar-refractivity contribution < 1.29 is 4.39 Å². The van der Waals surface area contributed by atoms with Crippen molar-refractivity contribution in [3.63, 3.8) is 0 Å². The first-order chi connectivity index (χ1) is 14.4. The molecule has 2 heteroatoms.